The monoisotopic (exact) mass is 275 g/mol. The third kappa shape index (κ3) is 3.76. The highest BCUT2D eigenvalue weighted by atomic mass is 16.3. The van der Waals surface area contributed by atoms with Gasteiger partial charge in [-0.1, -0.05) is 45.7 Å². The molecule has 2 nitrogen and oxygen atoms in total. The van der Waals surface area contributed by atoms with Gasteiger partial charge in [0.2, 0.25) is 0 Å². The minimum Gasteiger partial charge on any atom is -0.508 e. The van der Waals surface area contributed by atoms with Gasteiger partial charge >= 0.3 is 0 Å². The van der Waals surface area contributed by atoms with E-state index in [0.29, 0.717) is 23.2 Å². The van der Waals surface area contributed by atoms with Crippen LogP contribution in [0.3, 0.4) is 0 Å². The fraction of sp³-hybridized carbons (Fsp3) is 0.667. The average molecular weight is 275 g/mol. The van der Waals surface area contributed by atoms with Crippen LogP contribution in [0.1, 0.15) is 65.0 Å². The molecule has 112 valence electrons. The Morgan fingerprint density at radius 1 is 1.10 bits per heavy atom. The lowest BCUT2D eigenvalue weighted by molar-refractivity contribution is 0.124. The molecule has 0 heterocycles. The van der Waals surface area contributed by atoms with Crippen LogP contribution in [0.2, 0.25) is 0 Å². The molecule has 0 spiro atoms. The van der Waals surface area contributed by atoms with E-state index in [-0.39, 0.29) is 0 Å². The van der Waals surface area contributed by atoms with Gasteiger partial charge in [0.25, 0.3) is 0 Å². The Hall–Kier alpha value is -1.02. The Bertz CT molecular complexity index is 418. The lowest BCUT2D eigenvalue weighted by Crippen LogP contribution is -2.45. The number of nitrogens with one attached hydrogen (secondary N) is 1. The Balaban J connectivity index is 2.05. The lowest BCUT2D eigenvalue weighted by Gasteiger charge is -2.42. The van der Waals surface area contributed by atoms with E-state index in [2.05, 4.69) is 33.0 Å². The first kappa shape index (κ1) is 15.4. The zero-order chi connectivity index (χ0) is 14.8. The van der Waals surface area contributed by atoms with Crippen molar-refractivity contribution in [2.45, 2.75) is 65.5 Å². The van der Waals surface area contributed by atoms with Gasteiger partial charge in [0, 0.05) is 12.1 Å². The van der Waals surface area contributed by atoms with Crippen molar-refractivity contribution in [3.63, 3.8) is 0 Å². The molecule has 0 aromatic heterocycles. The standard InChI is InChI=1S/C18H29NO/c1-13(14-9-11-15(20)12-10-14)19-17-8-6-5-7-16(17)18(2,3)4/h9-13,16-17,19-20H,5-8H2,1-4H3. The number of phenols is 1. The molecule has 2 heteroatoms. The number of aromatic hydroxyl groups is 1. The van der Waals surface area contributed by atoms with E-state index >= 15 is 0 Å². The highest BCUT2D eigenvalue weighted by Gasteiger charge is 2.34. The van der Waals surface area contributed by atoms with Gasteiger partial charge in [-0.2, -0.15) is 0 Å². The minimum atomic E-state index is 0.337. The highest BCUT2D eigenvalue weighted by molar-refractivity contribution is 5.27. The van der Waals surface area contributed by atoms with Crippen LogP contribution >= 0.6 is 0 Å². The fourth-order valence-corrected chi connectivity index (χ4v) is 3.55. The second-order valence-electron chi connectivity index (χ2n) is 7.34. The molecule has 3 atom stereocenters. The second-order valence-corrected chi connectivity index (χ2v) is 7.34. The van der Waals surface area contributed by atoms with Gasteiger partial charge in [0.1, 0.15) is 5.75 Å². The van der Waals surface area contributed by atoms with Crippen LogP contribution in [0, 0.1) is 11.3 Å². The van der Waals surface area contributed by atoms with Gasteiger partial charge in [-0.15, -0.1) is 0 Å². The van der Waals surface area contributed by atoms with Gasteiger partial charge in [-0.3, -0.25) is 0 Å². The van der Waals surface area contributed by atoms with Crippen molar-refractivity contribution in [1.82, 2.24) is 5.32 Å². The van der Waals surface area contributed by atoms with Gasteiger partial charge in [0.05, 0.1) is 0 Å². The summed E-state index contributed by atoms with van der Waals surface area (Å²) in [6, 6.07) is 8.52. The molecule has 1 aliphatic rings. The van der Waals surface area contributed by atoms with Crippen molar-refractivity contribution in [2.24, 2.45) is 11.3 Å². The van der Waals surface area contributed by atoms with E-state index in [0.717, 1.165) is 5.92 Å². The molecule has 2 rings (SSSR count). The number of hydrogen-bond acceptors (Lipinski definition) is 2. The van der Waals surface area contributed by atoms with E-state index in [1.54, 1.807) is 12.1 Å². The maximum absolute atomic E-state index is 9.39. The molecule has 1 saturated carbocycles. The first-order chi connectivity index (χ1) is 9.38. The van der Waals surface area contributed by atoms with Crippen LogP contribution in [0.5, 0.6) is 5.75 Å². The largest absolute Gasteiger partial charge is 0.508 e. The molecule has 20 heavy (non-hydrogen) atoms. The summed E-state index contributed by atoms with van der Waals surface area (Å²) in [6.45, 7) is 9.31. The van der Waals surface area contributed by atoms with Gasteiger partial charge in [0.15, 0.2) is 0 Å². The Labute approximate surface area is 123 Å². The van der Waals surface area contributed by atoms with Crippen molar-refractivity contribution < 1.29 is 5.11 Å². The smallest absolute Gasteiger partial charge is 0.115 e. The second kappa shape index (κ2) is 6.17. The summed E-state index contributed by atoms with van der Waals surface area (Å²) < 4.78 is 0. The predicted octanol–water partition coefficient (Wildman–Crippen LogP) is 4.65. The summed E-state index contributed by atoms with van der Waals surface area (Å²) in [6.07, 6.45) is 5.33. The summed E-state index contributed by atoms with van der Waals surface area (Å²) >= 11 is 0. The van der Waals surface area contributed by atoms with Crippen molar-refractivity contribution in [1.29, 1.82) is 0 Å². The first-order valence-electron chi connectivity index (χ1n) is 7.93. The number of hydrogen-bond donors (Lipinski definition) is 2. The van der Waals surface area contributed by atoms with Crippen molar-refractivity contribution in [2.75, 3.05) is 0 Å². The third-order valence-electron chi connectivity index (χ3n) is 4.74. The highest BCUT2D eigenvalue weighted by Crippen LogP contribution is 2.38. The molecule has 2 N–H and O–H groups in total. The molecule has 3 unspecified atom stereocenters. The minimum absolute atomic E-state index is 0.337. The maximum atomic E-state index is 9.39. The van der Waals surface area contributed by atoms with Crippen LogP contribution in [0.15, 0.2) is 24.3 Å². The fourth-order valence-electron chi connectivity index (χ4n) is 3.55. The SMILES string of the molecule is CC(NC1CCCCC1C(C)(C)C)c1ccc(O)cc1. The Kier molecular flexibility index (Phi) is 4.74. The van der Waals surface area contributed by atoms with Crippen LogP contribution in [-0.4, -0.2) is 11.1 Å². The van der Waals surface area contributed by atoms with E-state index in [1.807, 2.05) is 12.1 Å². The van der Waals surface area contributed by atoms with Crippen LogP contribution in [0.25, 0.3) is 0 Å². The van der Waals surface area contributed by atoms with E-state index < -0.39 is 0 Å². The van der Waals surface area contributed by atoms with E-state index in [1.165, 1.54) is 31.2 Å². The lowest BCUT2D eigenvalue weighted by atomic mass is 9.69. The molecule has 1 aliphatic carbocycles. The normalized spacial score (nSPS) is 25.4. The van der Waals surface area contributed by atoms with E-state index in [9.17, 15) is 5.11 Å². The number of benzene rings is 1. The molecular weight excluding hydrogens is 246 g/mol. The molecule has 1 fully saturated rings. The zero-order valence-corrected chi connectivity index (χ0v) is 13.3. The zero-order valence-electron chi connectivity index (χ0n) is 13.3. The summed E-state index contributed by atoms with van der Waals surface area (Å²) in [5.74, 6) is 1.09. The third-order valence-corrected chi connectivity index (χ3v) is 4.74. The first-order valence-corrected chi connectivity index (χ1v) is 7.93. The number of phenolic OH excluding ortho intramolecular Hbond substituents is 1. The summed E-state index contributed by atoms with van der Waals surface area (Å²) in [7, 11) is 0. The van der Waals surface area contributed by atoms with Crippen molar-refractivity contribution >= 4 is 0 Å². The predicted molar refractivity (Wildman–Crippen MR) is 84.9 cm³/mol. The van der Waals surface area contributed by atoms with Gasteiger partial charge in [-0.25, -0.2) is 0 Å². The van der Waals surface area contributed by atoms with Crippen LogP contribution in [-0.2, 0) is 0 Å². The topological polar surface area (TPSA) is 32.3 Å². The molecule has 0 radical (unpaired) electrons. The van der Waals surface area contributed by atoms with Gasteiger partial charge in [-0.05, 0) is 48.8 Å². The molecule has 0 bridgehead atoms. The quantitative estimate of drug-likeness (QED) is 0.841. The molecule has 0 saturated heterocycles. The van der Waals surface area contributed by atoms with E-state index in [4.69, 9.17) is 0 Å². The Morgan fingerprint density at radius 3 is 2.30 bits per heavy atom. The molecular formula is C18H29NO. The van der Waals surface area contributed by atoms with Gasteiger partial charge < -0.3 is 10.4 Å². The summed E-state index contributed by atoms with van der Waals surface area (Å²) in [4.78, 5) is 0. The van der Waals surface area contributed by atoms with Crippen LogP contribution in [0.4, 0.5) is 0 Å². The molecule has 1 aromatic carbocycles. The summed E-state index contributed by atoms with van der Waals surface area (Å²) in [5, 5.41) is 13.2. The maximum Gasteiger partial charge on any atom is 0.115 e. The van der Waals surface area contributed by atoms with Crippen molar-refractivity contribution in [3.8, 4) is 5.75 Å². The molecule has 0 aliphatic heterocycles. The summed E-state index contributed by atoms with van der Waals surface area (Å²) in [5.41, 5.74) is 1.62. The Morgan fingerprint density at radius 2 is 1.70 bits per heavy atom. The van der Waals surface area contributed by atoms with Crippen LogP contribution < -0.4 is 5.32 Å². The molecule has 0 amide bonds. The number of rotatable bonds is 3. The molecule has 1 aromatic rings. The van der Waals surface area contributed by atoms with Crippen molar-refractivity contribution in [3.05, 3.63) is 29.8 Å². The average Bonchev–Trinajstić information content (AvgIpc) is 2.38.